The molecule has 0 fully saturated rings. The maximum atomic E-state index is 9.54. The fourth-order valence-electron chi connectivity index (χ4n) is 1.25. The van der Waals surface area contributed by atoms with E-state index in [0.717, 1.165) is 16.8 Å². The summed E-state index contributed by atoms with van der Waals surface area (Å²) < 4.78 is 4.79. The second kappa shape index (κ2) is 2.94. The van der Waals surface area contributed by atoms with Crippen molar-refractivity contribution in [1.82, 2.24) is 5.16 Å². The molecule has 2 aromatic rings. The van der Waals surface area contributed by atoms with Crippen LogP contribution in [0.1, 0.15) is 5.69 Å². The first-order valence-electron chi connectivity index (χ1n) is 3.98. The molecule has 0 aliphatic rings. The number of phenols is 1. The quantitative estimate of drug-likeness (QED) is 0.723. The topological polar surface area (TPSA) is 46.3 Å². The largest absolute Gasteiger partial charge is 0.507 e. The molecule has 1 N–H and O–H groups in total. The van der Waals surface area contributed by atoms with E-state index in [1.54, 1.807) is 12.1 Å². The lowest BCUT2D eigenvalue weighted by molar-refractivity contribution is 0.415. The van der Waals surface area contributed by atoms with Crippen LogP contribution in [-0.2, 0) is 0 Å². The monoisotopic (exact) mass is 175 g/mol. The van der Waals surface area contributed by atoms with Crippen molar-refractivity contribution in [1.29, 1.82) is 0 Å². The lowest BCUT2D eigenvalue weighted by Crippen LogP contribution is -1.79. The molecular formula is C10H9NO2. The second-order valence-corrected chi connectivity index (χ2v) is 2.83. The van der Waals surface area contributed by atoms with Crippen molar-refractivity contribution in [2.45, 2.75) is 6.92 Å². The molecule has 3 nitrogen and oxygen atoms in total. The number of aromatic hydroxyl groups is 1. The van der Waals surface area contributed by atoms with E-state index in [1.165, 1.54) is 6.26 Å². The molecule has 0 saturated carbocycles. The average molecular weight is 175 g/mol. The van der Waals surface area contributed by atoms with Gasteiger partial charge in [0.25, 0.3) is 0 Å². The maximum absolute atomic E-state index is 9.54. The number of para-hydroxylation sites is 1. The molecule has 3 heteroatoms. The van der Waals surface area contributed by atoms with Gasteiger partial charge in [0.05, 0.1) is 5.69 Å². The molecule has 0 atom stereocenters. The van der Waals surface area contributed by atoms with E-state index in [-0.39, 0.29) is 5.75 Å². The van der Waals surface area contributed by atoms with Gasteiger partial charge in [-0.3, -0.25) is 0 Å². The molecule has 0 aliphatic heterocycles. The highest BCUT2D eigenvalue weighted by molar-refractivity contribution is 5.70. The van der Waals surface area contributed by atoms with E-state index in [1.807, 2.05) is 19.1 Å². The third kappa shape index (κ3) is 1.28. The zero-order chi connectivity index (χ0) is 9.26. The molecule has 0 spiro atoms. The fraction of sp³-hybridized carbons (Fsp3) is 0.100. The zero-order valence-electron chi connectivity index (χ0n) is 7.19. The van der Waals surface area contributed by atoms with Gasteiger partial charge in [-0.1, -0.05) is 23.4 Å². The van der Waals surface area contributed by atoms with Gasteiger partial charge in [-0.15, -0.1) is 0 Å². The smallest absolute Gasteiger partial charge is 0.132 e. The summed E-state index contributed by atoms with van der Waals surface area (Å²) in [6.07, 6.45) is 1.53. The van der Waals surface area contributed by atoms with E-state index in [4.69, 9.17) is 4.52 Å². The van der Waals surface area contributed by atoms with Gasteiger partial charge in [-0.25, -0.2) is 0 Å². The van der Waals surface area contributed by atoms with Crippen LogP contribution in [0.15, 0.2) is 35.1 Å². The van der Waals surface area contributed by atoms with E-state index >= 15 is 0 Å². The molecule has 13 heavy (non-hydrogen) atoms. The van der Waals surface area contributed by atoms with Crippen LogP contribution >= 0.6 is 0 Å². The fourth-order valence-corrected chi connectivity index (χ4v) is 1.25. The number of benzene rings is 1. The minimum atomic E-state index is 0.244. The van der Waals surface area contributed by atoms with Crippen LogP contribution in [0.3, 0.4) is 0 Å². The lowest BCUT2D eigenvalue weighted by Gasteiger charge is -2.00. The number of aromatic nitrogens is 1. The molecule has 1 aromatic heterocycles. The van der Waals surface area contributed by atoms with Crippen LogP contribution in [-0.4, -0.2) is 10.3 Å². The van der Waals surface area contributed by atoms with Gasteiger partial charge in [0.2, 0.25) is 0 Å². The van der Waals surface area contributed by atoms with Crippen LogP contribution in [0.5, 0.6) is 5.75 Å². The second-order valence-electron chi connectivity index (χ2n) is 2.83. The SMILES string of the molecule is Cc1nocc1-c1ccccc1O. The highest BCUT2D eigenvalue weighted by atomic mass is 16.5. The van der Waals surface area contributed by atoms with Crippen molar-refractivity contribution in [2.24, 2.45) is 0 Å². The summed E-state index contributed by atoms with van der Waals surface area (Å²) in [7, 11) is 0. The molecular weight excluding hydrogens is 166 g/mol. The molecule has 0 bridgehead atoms. The summed E-state index contributed by atoms with van der Waals surface area (Å²) >= 11 is 0. The van der Waals surface area contributed by atoms with Crippen molar-refractivity contribution < 1.29 is 9.63 Å². The number of nitrogens with zero attached hydrogens (tertiary/aromatic N) is 1. The number of rotatable bonds is 1. The minimum absolute atomic E-state index is 0.244. The molecule has 0 unspecified atom stereocenters. The first kappa shape index (κ1) is 7.86. The average Bonchev–Trinajstić information content (AvgIpc) is 2.52. The van der Waals surface area contributed by atoms with Crippen molar-refractivity contribution >= 4 is 0 Å². The van der Waals surface area contributed by atoms with E-state index in [0.29, 0.717) is 0 Å². The van der Waals surface area contributed by atoms with Crippen molar-refractivity contribution in [3.8, 4) is 16.9 Å². The molecule has 66 valence electrons. The maximum Gasteiger partial charge on any atom is 0.132 e. The van der Waals surface area contributed by atoms with Gasteiger partial charge in [0.15, 0.2) is 0 Å². The van der Waals surface area contributed by atoms with Crippen LogP contribution in [0.25, 0.3) is 11.1 Å². The number of hydrogen-bond donors (Lipinski definition) is 1. The van der Waals surface area contributed by atoms with Gasteiger partial charge >= 0.3 is 0 Å². The van der Waals surface area contributed by atoms with Crippen LogP contribution in [0.2, 0.25) is 0 Å². The van der Waals surface area contributed by atoms with Gasteiger partial charge in [0, 0.05) is 11.1 Å². The molecule has 1 aromatic carbocycles. The van der Waals surface area contributed by atoms with E-state index in [2.05, 4.69) is 5.16 Å². The molecule has 0 saturated heterocycles. The Balaban J connectivity index is 2.59. The Morgan fingerprint density at radius 3 is 2.62 bits per heavy atom. The van der Waals surface area contributed by atoms with Crippen LogP contribution in [0, 0.1) is 6.92 Å². The predicted octanol–water partition coefficient (Wildman–Crippen LogP) is 2.36. The summed E-state index contributed by atoms with van der Waals surface area (Å²) in [5.41, 5.74) is 2.36. The summed E-state index contributed by atoms with van der Waals surface area (Å²) in [5, 5.41) is 13.3. The number of hydrogen-bond acceptors (Lipinski definition) is 3. The summed E-state index contributed by atoms with van der Waals surface area (Å²) in [6.45, 7) is 1.84. The Labute approximate surface area is 75.6 Å². The van der Waals surface area contributed by atoms with Gasteiger partial charge < -0.3 is 9.63 Å². The van der Waals surface area contributed by atoms with Crippen LogP contribution in [0.4, 0.5) is 0 Å². The molecule has 0 aliphatic carbocycles. The summed E-state index contributed by atoms with van der Waals surface area (Å²) in [4.78, 5) is 0. The molecule has 0 amide bonds. The Morgan fingerprint density at radius 1 is 1.23 bits per heavy atom. The van der Waals surface area contributed by atoms with Gasteiger partial charge in [0.1, 0.15) is 12.0 Å². The first-order valence-corrected chi connectivity index (χ1v) is 3.98. The van der Waals surface area contributed by atoms with Crippen molar-refractivity contribution in [2.75, 3.05) is 0 Å². The Morgan fingerprint density at radius 2 is 2.00 bits per heavy atom. The number of phenolic OH excluding ortho intramolecular Hbond substituents is 1. The molecule has 1 heterocycles. The first-order chi connectivity index (χ1) is 6.29. The Hall–Kier alpha value is -1.77. The highest BCUT2D eigenvalue weighted by Gasteiger charge is 2.08. The predicted molar refractivity (Wildman–Crippen MR) is 48.3 cm³/mol. The lowest BCUT2D eigenvalue weighted by atomic mass is 10.1. The van der Waals surface area contributed by atoms with E-state index in [9.17, 15) is 5.11 Å². The van der Waals surface area contributed by atoms with Gasteiger partial charge in [-0.05, 0) is 13.0 Å². The highest BCUT2D eigenvalue weighted by Crippen LogP contribution is 2.30. The Bertz CT molecular complexity index is 420. The summed E-state index contributed by atoms with van der Waals surface area (Å²) in [6, 6.07) is 7.11. The normalized spacial score (nSPS) is 10.2. The minimum Gasteiger partial charge on any atom is -0.507 e. The van der Waals surface area contributed by atoms with Crippen LogP contribution < -0.4 is 0 Å². The third-order valence-corrected chi connectivity index (χ3v) is 1.94. The van der Waals surface area contributed by atoms with E-state index < -0.39 is 0 Å². The number of aryl methyl sites for hydroxylation is 1. The summed E-state index contributed by atoms with van der Waals surface area (Å²) in [5.74, 6) is 0.244. The van der Waals surface area contributed by atoms with Crippen molar-refractivity contribution in [3.05, 3.63) is 36.2 Å². The standard InChI is InChI=1S/C10H9NO2/c1-7-9(6-13-11-7)8-4-2-3-5-10(8)12/h2-6,12H,1H3. The Kier molecular flexibility index (Phi) is 1.77. The van der Waals surface area contributed by atoms with Gasteiger partial charge in [-0.2, -0.15) is 0 Å². The molecule has 0 radical (unpaired) electrons. The van der Waals surface area contributed by atoms with Crippen molar-refractivity contribution in [3.63, 3.8) is 0 Å². The third-order valence-electron chi connectivity index (χ3n) is 1.94. The zero-order valence-corrected chi connectivity index (χ0v) is 7.19. The molecule has 2 rings (SSSR count).